The van der Waals surface area contributed by atoms with Crippen LogP contribution in [0.3, 0.4) is 0 Å². The molecule has 2 aromatic carbocycles. The first kappa shape index (κ1) is 21.8. The molecule has 0 saturated heterocycles. The molecule has 0 aliphatic heterocycles. The predicted octanol–water partition coefficient (Wildman–Crippen LogP) is 3.05. The zero-order valence-corrected chi connectivity index (χ0v) is 18.1. The molecular weight excluding hydrogens is 424 g/mol. The molecule has 2 heterocycles. The highest BCUT2D eigenvalue weighted by atomic mass is 16.7. The number of aromatic carboxylic acids is 1. The second kappa shape index (κ2) is 9.39. The minimum atomic E-state index is -1.38. The third-order valence-electron chi connectivity index (χ3n) is 5.04. The fourth-order valence-electron chi connectivity index (χ4n) is 3.38. The Morgan fingerprint density at radius 2 is 1.82 bits per heavy atom. The summed E-state index contributed by atoms with van der Waals surface area (Å²) in [6.07, 6.45) is 1.49. The molecule has 168 valence electrons. The summed E-state index contributed by atoms with van der Waals surface area (Å²) in [4.78, 5) is 39.6. The zero-order valence-electron chi connectivity index (χ0n) is 18.1. The van der Waals surface area contributed by atoms with Gasteiger partial charge in [-0.25, -0.2) is 14.8 Å². The highest BCUT2D eigenvalue weighted by molar-refractivity contribution is 6.03. The van der Waals surface area contributed by atoms with Gasteiger partial charge in [-0.1, -0.05) is 42.5 Å². The van der Waals surface area contributed by atoms with Crippen LogP contribution in [0, 0.1) is 6.92 Å². The molecule has 9 heteroatoms. The van der Waals surface area contributed by atoms with Gasteiger partial charge in [0.05, 0.1) is 18.2 Å². The van der Waals surface area contributed by atoms with Crippen LogP contribution in [-0.4, -0.2) is 32.9 Å². The Morgan fingerprint density at radius 3 is 2.48 bits per heavy atom. The molecule has 0 aliphatic carbocycles. The van der Waals surface area contributed by atoms with Gasteiger partial charge in [0.1, 0.15) is 18.2 Å². The predicted molar refractivity (Wildman–Crippen MR) is 123 cm³/mol. The lowest BCUT2D eigenvalue weighted by Crippen LogP contribution is -2.33. The largest absolute Gasteiger partial charge is 0.497 e. The third kappa shape index (κ3) is 4.62. The maximum atomic E-state index is 13.2. The Bertz CT molecular complexity index is 1350. The topological polar surface area (TPSA) is 116 Å². The van der Waals surface area contributed by atoms with Crippen molar-refractivity contribution in [3.05, 3.63) is 93.7 Å². The van der Waals surface area contributed by atoms with Crippen molar-refractivity contribution in [1.29, 1.82) is 0 Å². The molecule has 0 saturated carbocycles. The number of pyridine rings is 1. The van der Waals surface area contributed by atoms with Crippen molar-refractivity contribution in [2.75, 3.05) is 12.4 Å². The second-order valence-corrected chi connectivity index (χ2v) is 7.27. The first-order valence-corrected chi connectivity index (χ1v) is 10.2. The number of carboxylic acids is 1. The lowest BCUT2D eigenvalue weighted by Gasteiger charge is -2.17. The number of rotatable bonds is 8. The molecule has 0 fully saturated rings. The number of carbonyl (C=O) groups is 1. The summed E-state index contributed by atoms with van der Waals surface area (Å²) in [6.45, 7) is 2.03. The molecular formula is C24H22N4O5. The van der Waals surface area contributed by atoms with Crippen LogP contribution in [0.2, 0.25) is 0 Å². The Morgan fingerprint density at radius 1 is 1.09 bits per heavy atom. The number of nitrogens with one attached hydrogen (secondary N) is 1. The van der Waals surface area contributed by atoms with Gasteiger partial charge in [0.2, 0.25) is 0 Å². The zero-order chi connectivity index (χ0) is 23.4. The summed E-state index contributed by atoms with van der Waals surface area (Å²) < 4.78 is 6.09. The average Bonchev–Trinajstić information content (AvgIpc) is 2.82. The quantitative estimate of drug-likeness (QED) is 0.424. The molecule has 4 rings (SSSR count). The molecule has 0 amide bonds. The number of aryl methyl sites for hydroxylation is 1. The summed E-state index contributed by atoms with van der Waals surface area (Å²) in [5.74, 6) is -0.252. The third-order valence-corrected chi connectivity index (χ3v) is 5.04. The van der Waals surface area contributed by atoms with Crippen LogP contribution in [0.5, 0.6) is 5.75 Å². The molecule has 2 N–H and O–H groups in total. The number of ether oxygens (including phenoxy) is 1. The van der Waals surface area contributed by atoms with Crippen molar-refractivity contribution >= 4 is 22.7 Å². The van der Waals surface area contributed by atoms with E-state index >= 15 is 0 Å². The van der Waals surface area contributed by atoms with Crippen LogP contribution in [0.1, 0.15) is 27.3 Å². The standard InChI is InChI=1S/C24H22N4O5/c1-15-25-13-19-21(26-12-16-8-10-18(32-2)11-9-16)20(24(30)31)23(29)28(22(19)27-15)33-14-17-6-4-3-5-7-17/h3-11,13,26H,12,14H2,1-2H3,(H,30,31). The summed E-state index contributed by atoms with van der Waals surface area (Å²) in [5, 5.41) is 13.3. The smallest absolute Gasteiger partial charge is 0.343 e. The van der Waals surface area contributed by atoms with Crippen LogP contribution in [0.25, 0.3) is 11.0 Å². The van der Waals surface area contributed by atoms with E-state index in [1.54, 1.807) is 26.2 Å². The van der Waals surface area contributed by atoms with E-state index in [1.165, 1.54) is 6.20 Å². The minimum absolute atomic E-state index is 0.0661. The van der Waals surface area contributed by atoms with Crippen molar-refractivity contribution < 1.29 is 19.5 Å². The molecule has 0 radical (unpaired) electrons. The molecule has 0 bridgehead atoms. The summed E-state index contributed by atoms with van der Waals surface area (Å²) in [7, 11) is 1.58. The van der Waals surface area contributed by atoms with Gasteiger partial charge in [0.25, 0.3) is 0 Å². The summed E-state index contributed by atoms with van der Waals surface area (Å²) in [6, 6.07) is 16.5. The number of anilines is 1. The Hall–Kier alpha value is -4.40. The van der Waals surface area contributed by atoms with Crippen LogP contribution in [-0.2, 0) is 13.2 Å². The van der Waals surface area contributed by atoms with E-state index in [0.717, 1.165) is 15.9 Å². The molecule has 0 aliphatic rings. The molecule has 33 heavy (non-hydrogen) atoms. The molecule has 0 atom stereocenters. The second-order valence-electron chi connectivity index (χ2n) is 7.27. The van der Waals surface area contributed by atoms with Crippen molar-refractivity contribution in [2.45, 2.75) is 20.1 Å². The lowest BCUT2D eigenvalue weighted by molar-refractivity contribution is 0.0678. The Balaban J connectivity index is 1.78. The van der Waals surface area contributed by atoms with Crippen LogP contribution in [0.4, 0.5) is 5.69 Å². The Labute approximate surface area is 189 Å². The van der Waals surface area contributed by atoms with Crippen LogP contribution in [0.15, 0.2) is 65.6 Å². The number of hydrogen-bond acceptors (Lipinski definition) is 7. The molecule has 4 aromatic rings. The van der Waals surface area contributed by atoms with E-state index in [2.05, 4.69) is 15.3 Å². The van der Waals surface area contributed by atoms with E-state index in [9.17, 15) is 14.7 Å². The normalized spacial score (nSPS) is 10.7. The van der Waals surface area contributed by atoms with Crippen LogP contribution >= 0.6 is 0 Å². The number of fused-ring (bicyclic) bond motifs is 1. The fourth-order valence-corrected chi connectivity index (χ4v) is 3.38. The first-order valence-electron chi connectivity index (χ1n) is 10.2. The highest BCUT2D eigenvalue weighted by Crippen LogP contribution is 2.25. The van der Waals surface area contributed by atoms with Gasteiger partial charge >= 0.3 is 11.5 Å². The minimum Gasteiger partial charge on any atom is -0.497 e. The van der Waals surface area contributed by atoms with Gasteiger partial charge in [0, 0.05) is 12.7 Å². The Kier molecular flexibility index (Phi) is 6.21. The van der Waals surface area contributed by atoms with Crippen molar-refractivity contribution in [2.24, 2.45) is 0 Å². The van der Waals surface area contributed by atoms with Crippen molar-refractivity contribution in [3.8, 4) is 5.75 Å². The number of aromatic nitrogens is 3. The van der Waals surface area contributed by atoms with Gasteiger partial charge in [-0.15, -0.1) is 4.73 Å². The molecule has 2 aromatic heterocycles. The van der Waals surface area contributed by atoms with Gasteiger partial charge in [-0.2, -0.15) is 0 Å². The highest BCUT2D eigenvalue weighted by Gasteiger charge is 2.24. The van der Waals surface area contributed by atoms with Gasteiger partial charge in [0.15, 0.2) is 11.2 Å². The monoisotopic (exact) mass is 446 g/mol. The van der Waals surface area contributed by atoms with Crippen molar-refractivity contribution in [3.63, 3.8) is 0 Å². The van der Waals surface area contributed by atoms with E-state index in [-0.39, 0.29) is 24.5 Å². The van der Waals surface area contributed by atoms with Gasteiger partial charge < -0.3 is 20.0 Å². The molecule has 0 unspecified atom stereocenters. The number of benzene rings is 2. The fraction of sp³-hybridized carbons (Fsp3) is 0.167. The lowest BCUT2D eigenvalue weighted by atomic mass is 10.1. The number of hydrogen-bond donors (Lipinski definition) is 2. The summed E-state index contributed by atoms with van der Waals surface area (Å²) >= 11 is 0. The first-order chi connectivity index (χ1) is 16.0. The van der Waals surface area contributed by atoms with Crippen LogP contribution < -0.4 is 20.5 Å². The van der Waals surface area contributed by atoms with Gasteiger partial charge in [-0.3, -0.25) is 4.79 Å². The van der Waals surface area contributed by atoms with E-state index in [1.807, 2.05) is 42.5 Å². The number of carboxylic acid groups (broad SMARTS) is 1. The maximum absolute atomic E-state index is 13.2. The molecule has 9 nitrogen and oxygen atoms in total. The summed E-state index contributed by atoms with van der Waals surface area (Å²) in [5.41, 5.74) is 0.751. The van der Waals surface area contributed by atoms with E-state index < -0.39 is 17.1 Å². The van der Waals surface area contributed by atoms with E-state index in [0.29, 0.717) is 17.0 Å². The van der Waals surface area contributed by atoms with E-state index in [4.69, 9.17) is 9.57 Å². The number of nitrogens with zero attached hydrogens (tertiary/aromatic N) is 3. The van der Waals surface area contributed by atoms with Gasteiger partial charge in [-0.05, 0) is 30.2 Å². The van der Waals surface area contributed by atoms with Crippen molar-refractivity contribution in [1.82, 2.24) is 14.7 Å². The molecule has 0 spiro atoms. The maximum Gasteiger partial charge on any atom is 0.343 e. The average molecular weight is 446 g/mol. The number of methoxy groups -OCH3 is 1. The SMILES string of the molecule is COc1ccc(CNc2c(C(=O)O)c(=O)n(OCc3ccccc3)c3nc(C)ncc23)cc1.